The van der Waals surface area contributed by atoms with Gasteiger partial charge in [-0.05, 0) is 29.0 Å². The molecule has 8 heteroatoms. The van der Waals surface area contributed by atoms with E-state index in [9.17, 15) is 4.79 Å². The maximum Gasteiger partial charge on any atom is 0.326 e. The first kappa shape index (κ1) is 15.2. The van der Waals surface area contributed by atoms with Crippen molar-refractivity contribution >= 4 is 27.5 Å². The van der Waals surface area contributed by atoms with Gasteiger partial charge in [0.25, 0.3) is 0 Å². The van der Waals surface area contributed by atoms with Crippen molar-refractivity contribution in [1.82, 2.24) is 24.6 Å². The van der Waals surface area contributed by atoms with Crippen molar-refractivity contribution in [3.8, 4) is 0 Å². The highest BCUT2D eigenvalue weighted by molar-refractivity contribution is 7.13. The van der Waals surface area contributed by atoms with Crippen LogP contribution in [0, 0.1) is 0 Å². The molecule has 1 aromatic carbocycles. The van der Waals surface area contributed by atoms with E-state index in [-0.39, 0.29) is 4.87 Å². The predicted molar refractivity (Wildman–Crippen MR) is 94.4 cm³/mol. The van der Waals surface area contributed by atoms with Gasteiger partial charge in [0, 0.05) is 52.2 Å². The number of rotatable bonds is 3. The molecule has 3 heterocycles. The molecule has 4 rings (SSSR count). The lowest BCUT2D eigenvalue weighted by Crippen LogP contribution is -2.46. The molecule has 0 spiro atoms. The van der Waals surface area contributed by atoms with E-state index in [0.717, 1.165) is 48.9 Å². The first-order valence-corrected chi connectivity index (χ1v) is 8.72. The van der Waals surface area contributed by atoms with E-state index in [1.165, 1.54) is 21.6 Å². The number of benzene rings is 1. The molecule has 0 bridgehead atoms. The maximum absolute atomic E-state index is 11.6. The highest BCUT2D eigenvalue weighted by Gasteiger charge is 2.20. The number of hydrogen-bond donors (Lipinski definition) is 0. The smallest absolute Gasteiger partial charge is 0.326 e. The number of nitrogens with zero attached hydrogens (tertiary/aromatic N) is 6. The van der Waals surface area contributed by atoms with Crippen LogP contribution in [0.5, 0.6) is 0 Å². The average Bonchev–Trinajstić information content (AvgIpc) is 2.94. The van der Waals surface area contributed by atoms with Gasteiger partial charge in [-0.3, -0.25) is 19.7 Å². The molecule has 0 unspecified atom stereocenters. The molecule has 1 aliphatic rings. The Morgan fingerprint density at radius 2 is 1.83 bits per heavy atom. The molecular formula is C16H18N6OS. The van der Waals surface area contributed by atoms with Crippen LogP contribution in [0.25, 0.3) is 11.0 Å². The fourth-order valence-corrected chi connectivity index (χ4v) is 3.73. The third-order valence-corrected chi connectivity index (χ3v) is 5.22. The molecule has 3 aromatic rings. The van der Waals surface area contributed by atoms with E-state index >= 15 is 0 Å². The zero-order chi connectivity index (χ0) is 16.5. The fourth-order valence-electron chi connectivity index (χ4n) is 2.92. The zero-order valence-electron chi connectivity index (χ0n) is 13.4. The van der Waals surface area contributed by atoms with Gasteiger partial charge < -0.3 is 4.90 Å². The summed E-state index contributed by atoms with van der Waals surface area (Å²) in [5.41, 5.74) is 3.11. The van der Waals surface area contributed by atoms with E-state index in [4.69, 9.17) is 0 Å². The molecule has 0 saturated carbocycles. The van der Waals surface area contributed by atoms with Gasteiger partial charge in [-0.15, -0.1) is 5.10 Å². The monoisotopic (exact) mass is 342 g/mol. The lowest BCUT2D eigenvalue weighted by atomic mass is 10.1. The van der Waals surface area contributed by atoms with Gasteiger partial charge in [-0.25, -0.2) is 4.68 Å². The molecule has 0 N–H and O–H groups in total. The summed E-state index contributed by atoms with van der Waals surface area (Å²) in [6.07, 6.45) is 3.44. The highest BCUT2D eigenvalue weighted by Crippen LogP contribution is 2.18. The number of anilines is 1. The van der Waals surface area contributed by atoms with E-state index in [2.05, 4.69) is 37.0 Å². The third kappa shape index (κ3) is 3.02. The van der Waals surface area contributed by atoms with Crippen LogP contribution in [0.15, 0.2) is 35.4 Å². The molecule has 0 atom stereocenters. The molecule has 24 heavy (non-hydrogen) atoms. The van der Waals surface area contributed by atoms with Gasteiger partial charge in [0.15, 0.2) is 0 Å². The number of aromatic nitrogens is 4. The Balaban J connectivity index is 1.41. The minimum Gasteiger partial charge on any atom is -0.344 e. The van der Waals surface area contributed by atoms with Gasteiger partial charge >= 0.3 is 4.87 Å². The molecule has 1 fully saturated rings. The van der Waals surface area contributed by atoms with Crippen LogP contribution in [0.1, 0.15) is 5.56 Å². The van der Waals surface area contributed by atoms with Crippen LogP contribution in [-0.4, -0.2) is 50.8 Å². The molecule has 0 amide bonds. The van der Waals surface area contributed by atoms with E-state index in [0.29, 0.717) is 0 Å². The summed E-state index contributed by atoms with van der Waals surface area (Å²) in [5.74, 6) is 0. The van der Waals surface area contributed by atoms with Crippen LogP contribution in [-0.2, 0) is 13.6 Å². The second-order valence-corrected chi connectivity index (χ2v) is 6.84. The van der Waals surface area contributed by atoms with Gasteiger partial charge in [0.05, 0.1) is 11.0 Å². The lowest BCUT2D eigenvalue weighted by molar-refractivity contribution is 0.249. The van der Waals surface area contributed by atoms with Crippen LogP contribution < -0.4 is 9.77 Å². The van der Waals surface area contributed by atoms with Gasteiger partial charge in [-0.1, -0.05) is 6.07 Å². The summed E-state index contributed by atoms with van der Waals surface area (Å²) >= 11 is 1.22. The lowest BCUT2D eigenvalue weighted by Gasteiger charge is -2.34. The second kappa shape index (κ2) is 6.29. The Morgan fingerprint density at radius 1 is 1.08 bits per heavy atom. The van der Waals surface area contributed by atoms with Crippen molar-refractivity contribution < 1.29 is 0 Å². The normalized spacial score (nSPS) is 16.0. The van der Waals surface area contributed by atoms with Crippen molar-refractivity contribution in [2.24, 2.45) is 7.05 Å². The summed E-state index contributed by atoms with van der Waals surface area (Å²) in [6, 6.07) is 6.26. The molecule has 2 aromatic heterocycles. The zero-order valence-corrected chi connectivity index (χ0v) is 14.2. The van der Waals surface area contributed by atoms with Crippen molar-refractivity contribution in [1.29, 1.82) is 0 Å². The van der Waals surface area contributed by atoms with Gasteiger partial charge in [-0.2, -0.15) is 0 Å². The first-order chi connectivity index (χ1) is 11.7. The molecule has 0 radical (unpaired) electrons. The largest absolute Gasteiger partial charge is 0.344 e. The molecule has 124 valence electrons. The van der Waals surface area contributed by atoms with Crippen molar-refractivity contribution in [3.63, 3.8) is 0 Å². The fraction of sp³-hybridized carbons (Fsp3) is 0.375. The molecule has 0 aliphatic carbocycles. The minimum atomic E-state index is -0.00953. The first-order valence-electron chi connectivity index (χ1n) is 7.90. The molecular weight excluding hydrogens is 324 g/mol. The molecule has 1 saturated heterocycles. The van der Waals surface area contributed by atoms with Gasteiger partial charge in [0.1, 0.15) is 0 Å². The Hall–Kier alpha value is -2.32. The predicted octanol–water partition coefficient (Wildman–Crippen LogP) is 1.11. The van der Waals surface area contributed by atoms with Crippen LogP contribution in [0.3, 0.4) is 0 Å². The van der Waals surface area contributed by atoms with E-state index in [1.807, 2.05) is 6.07 Å². The maximum atomic E-state index is 11.6. The third-order valence-electron chi connectivity index (χ3n) is 4.26. The SMILES string of the molecule is Cn1nc(N2CCN(Cc3ccc4nccnc4c3)CC2)sc1=O. The summed E-state index contributed by atoms with van der Waals surface area (Å²) in [6.45, 7) is 4.59. The summed E-state index contributed by atoms with van der Waals surface area (Å²) in [5, 5.41) is 5.11. The summed E-state index contributed by atoms with van der Waals surface area (Å²) in [7, 11) is 1.70. The van der Waals surface area contributed by atoms with Crippen LogP contribution >= 0.6 is 11.3 Å². The number of fused-ring (bicyclic) bond motifs is 1. The average molecular weight is 342 g/mol. The van der Waals surface area contributed by atoms with E-state index < -0.39 is 0 Å². The Morgan fingerprint density at radius 3 is 2.54 bits per heavy atom. The van der Waals surface area contributed by atoms with Crippen molar-refractivity contribution in [3.05, 3.63) is 45.8 Å². The molecule has 1 aliphatic heterocycles. The minimum absolute atomic E-state index is 0.00953. The van der Waals surface area contributed by atoms with Gasteiger partial charge in [0.2, 0.25) is 5.13 Å². The Labute approximate surface area is 143 Å². The van der Waals surface area contributed by atoms with Crippen molar-refractivity contribution in [2.75, 3.05) is 31.1 Å². The topological polar surface area (TPSA) is 67.2 Å². The summed E-state index contributed by atoms with van der Waals surface area (Å²) < 4.78 is 1.41. The quantitative estimate of drug-likeness (QED) is 0.710. The molecule has 7 nitrogen and oxygen atoms in total. The Kier molecular flexibility index (Phi) is 3.99. The second-order valence-electron chi connectivity index (χ2n) is 5.92. The number of hydrogen-bond acceptors (Lipinski definition) is 7. The number of piperazine rings is 1. The van der Waals surface area contributed by atoms with Crippen molar-refractivity contribution in [2.45, 2.75) is 6.54 Å². The highest BCUT2D eigenvalue weighted by atomic mass is 32.1. The van der Waals surface area contributed by atoms with Crippen LogP contribution in [0.4, 0.5) is 5.13 Å². The standard InChI is InChI=1S/C16H18N6OS/c1-20-16(23)24-15(19-20)22-8-6-21(7-9-22)11-12-2-3-13-14(10-12)18-5-4-17-13/h2-5,10H,6-9,11H2,1H3. The summed E-state index contributed by atoms with van der Waals surface area (Å²) in [4.78, 5) is 24.8. The number of aryl methyl sites for hydroxylation is 1. The Bertz CT molecular complexity index is 912. The van der Waals surface area contributed by atoms with E-state index in [1.54, 1.807) is 19.4 Å². The van der Waals surface area contributed by atoms with Crippen LogP contribution in [0.2, 0.25) is 0 Å².